The number of halogens is 2. The van der Waals surface area contributed by atoms with Crippen molar-refractivity contribution in [2.24, 2.45) is 5.92 Å². The lowest BCUT2D eigenvalue weighted by atomic mass is 10.1. The Hall–Kier alpha value is 0.0900. The first-order chi connectivity index (χ1) is 8.50. The van der Waals surface area contributed by atoms with E-state index in [0.717, 1.165) is 21.3 Å². The van der Waals surface area contributed by atoms with E-state index >= 15 is 0 Å². The predicted molar refractivity (Wildman–Crippen MR) is 82.3 cm³/mol. The maximum absolute atomic E-state index is 11.8. The fourth-order valence-electron chi connectivity index (χ4n) is 1.20. The molecule has 3 nitrogen and oxygen atoms in total. The van der Waals surface area contributed by atoms with Crippen molar-refractivity contribution in [3.8, 4) is 0 Å². The van der Waals surface area contributed by atoms with Gasteiger partial charge in [-0.1, -0.05) is 13.8 Å². The molecular formula is C12H17Br2NO2S. The molecule has 0 unspecified atom stereocenters. The lowest BCUT2D eigenvalue weighted by Crippen LogP contribution is -2.26. The lowest BCUT2D eigenvalue weighted by molar-refractivity contribution is 0.0909. The van der Waals surface area contributed by atoms with Gasteiger partial charge in [-0.15, -0.1) is 11.3 Å². The molecule has 1 aromatic rings. The molecule has 0 aromatic carbocycles. The van der Waals surface area contributed by atoms with Crippen LogP contribution in [-0.4, -0.2) is 25.7 Å². The molecule has 0 spiro atoms. The second-order valence-corrected chi connectivity index (χ2v) is 7.51. The normalized spacial score (nSPS) is 10.9. The Kier molecular flexibility index (Phi) is 7.44. The molecule has 18 heavy (non-hydrogen) atoms. The number of amides is 1. The quantitative estimate of drug-likeness (QED) is 0.703. The maximum Gasteiger partial charge on any atom is 0.261 e. The van der Waals surface area contributed by atoms with Gasteiger partial charge in [-0.05, 0) is 50.3 Å². The fraction of sp³-hybridized carbons (Fsp3) is 0.583. The summed E-state index contributed by atoms with van der Waals surface area (Å²) < 4.78 is 7.27. The molecule has 1 rings (SSSR count). The summed E-state index contributed by atoms with van der Waals surface area (Å²) >= 11 is 8.14. The maximum atomic E-state index is 11.8. The number of hydrogen-bond acceptors (Lipinski definition) is 3. The van der Waals surface area contributed by atoms with Crippen LogP contribution in [0.2, 0.25) is 0 Å². The van der Waals surface area contributed by atoms with Crippen molar-refractivity contribution in [1.29, 1.82) is 0 Å². The van der Waals surface area contributed by atoms with Crippen LogP contribution in [0.1, 0.15) is 29.9 Å². The molecule has 0 aliphatic heterocycles. The molecule has 0 saturated carbocycles. The topological polar surface area (TPSA) is 38.3 Å². The molecule has 0 saturated heterocycles. The van der Waals surface area contributed by atoms with Crippen molar-refractivity contribution >= 4 is 49.1 Å². The minimum Gasteiger partial charge on any atom is -0.380 e. The largest absolute Gasteiger partial charge is 0.380 e. The molecule has 0 fully saturated rings. The van der Waals surface area contributed by atoms with Crippen molar-refractivity contribution in [1.82, 2.24) is 5.32 Å². The number of carbonyl (C=O) groups is 1. The monoisotopic (exact) mass is 397 g/mol. The van der Waals surface area contributed by atoms with Gasteiger partial charge in [-0.25, -0.2) is 0 Å². The van der Waals surface area contributed by atoms with Crippen LogP contribution in [0.5, 0.6) is 0 Å². The van der Waals surface area contributed by atoms with Gasteiger partial charge in [0.2, 0.25) is 0 Å². The van der Waals surface area contributed by atoms with Gasteiger partial charge in [0, 0.05) is 17.6 Å². The van der Waals surface area contributed by atoms with E-state index in [1.807, 2.05) is 6.07 Å². The van der Waals surface area contributed by atoms with E-state index in [1.54, 1.807) is 0 Å². The van der Waals surface area contributed by atoms with Crippen LogP contribution in [0.15, 0.2) is 14.3 Å². The van der Waals surface area contributed by atoms with Crippen LogP contribution >= 0.6 is 43.2 Å². The van der Waals surface area contributed by atoms with Gasteiger partial charge in [-0.2, -0.15) is 0 Å². The average molecular weight is 399 g/mol. The summed E-state index contributed by atoms with van der Waals surface area (Å²) in [5.41, 5.74) is 0. The van der Waals surface area contributed by atoms with Crippen LogP contribution < -0.4 is 5.32 Å². The van der Waals surface area contributed by atoms with Gasteiger partial charge in [0.1, 0.15) is 0 Å². The Morgan fingerprint density at radius 2 is 2.17 bits per heavy atom. The second-order valence-electron chi connectivity index (χ2n) is 4.28. The second kappa shape index (κ2) is 8.30. The van der Waals surface area contributed by atoms with E-state index in [0.29, 0.717) is 23.9 Å². The van der Waals surface area contributed by atoms with E-state index < -0.39 is 0 Å². The van der Waals surface area contributed by atoms with Crippen molar-refractivity contribution in [3.63, 3.8) is 0 Å². The van der Waals surface area contributed by atoms with E-state index in [-0.39, 0.29) is 5.91 Å². The first-order valence-corrected chi connectivity index (χ1v) is 8.21. The Balaban J connectivity index is 2.18. The minimum absolute atomic E-state index is 0.0566. The van der Waals surface area contributed by atoms with Crippen LogP contribution in [0.3, 0.4) is 0 Å². The number of rotatable bonds is 7. The SMILES string of the molecule is CC(C)CCOCCNC(=O)c1cc(Br)c(Br)s1. The molecule has 1 aromatic heterocycles. The van der Waals surface area contributed by atoms with Gasteiger partial charge in [-0.3, -0.25) is 4.79 Å². The number of nitrogens with one attached hydrogen (secondary N) is 1. The van der Waals surface area contributed by atoms with Crippen LogP contribution in [0.4, 0.5) is 0 Å². The van der Waals surface area contributed by atoms with E-state index in [9.17, 15) is 4.79 Å². The summed E-state index contributed by atoms with van der Waals surface area (Å²) in [6.45, 7) is 6.19. The van der Waals surface area contributed by atoms with Gasteiger partial charge < -0.3 is 10.1 Å². The third kappa shape index (κ3) is 5.82. The fourth-order valence-corrected chi connectivity index (χ4v) is 3.16. The van der Waals surface area contributed by atoms with Crippen molar-refractivity contribution in [2.45, 2.75) is 20.3 Å². The zero-order valence-corrected chi connectivity index (χ0v) is 14.5. The molecule has 0 aliphatic carbocycles. The smallest absolute Gasteiger partial charge is 0.261 e. The summed E-state index contributed by atoms with van der Waals surface area (Å²) in [5.74, 6) is 0.597. The highest BCUT2D eigenvalue weighted by Gasteiger charge is 2.11. The van der Waals surface area contributed by atoms with Crippen molar-refractivity contribution in [3.05, 3.63) is 19.2 Å². The summed E-state index contributed by atoms with van der Waals surface area (Å²) in [5, 5.41) is 2.83. The zero-order valence-electron chi connectivity index (χ0n) is 10.5. The number of carbonyl (C=O) groups excluding carboxylic acids is 1. The highest BCUT2D eigenvalue weighted by atomic mass is 79.9. The van der Waals surface area contributed by atoms with Gasteiger partial charge in [0.15, 0.2) is 0 Å². The first-order valence-electron chi connectivity index (χ1n) is 5.81. The minimum atomic E-state index is -0.0566. The highest BCUT2D eigenvalue weighted by Crippen LogP contribution is 2.32. The molecule has 1 N–H and O–H groups in total. The Bertz CT molecular complexity index is 374. The highest BCUT2D eigenvalue weighted by molar-refractivity contribution is 9.13. The molecular weight excluding hydrogens is 382 g/mol. The van der Waals surface area contributed by atoms with Crippen LogP contribution in [-0.2, 0) is 4.74 Å². The molecule has 0 atom stereocenters. The summed E-state index contributed by atoms with van der Waals surface area (Å²) in [4.78, 5) is 12.4. The first kappa shape index (κ1) is 16.1. The van der Waals surface area contributed by atoms with E-state index in [2.05, 4.69) is 51.0 Å². The predicted octanol–water partition coefficient (Wildman–Crippen LogP) is 4.07. The number of hydrogen-bond donors (Lipinski definition) is 1. The Morgan fingerprint density at radius 3 is 2.72 bits per heavy atom. The molecule has 0 bridgehead atoms. The van der Waals surface area contributed by atoms with Crippen molar-refractivity contribution < 1.29 is 9.53 Å². The number of thiophene rings is 1. The van der Waals surface area contributed by atoms with Gasteiger partial charge in [0.25, 0.3) is 5.91 Å². The molecule has 0 radical (unpaired) electrons. The standard InChI is InChI=1S/C12H17Br2NO2S/c1-8(2)3-5-17-6-4-15-12(16)10-7-9(13)11(14)18-10/h7-8H,3-6H2,1-2H3,(H,15,16). The van der Waals surface area contributed by atoms with Crippen LogP contribution in [0.25, 0.3) is 0 Å². The lowest BCUT2D eigenvalue weighted by Gasteiger charge is -2.07. The third-order valence-corrected chi connectivity index (χ3v) is 5.50. The van der Waals surface area contributed by atoms with E-state index in [1.165, 1.54) is 11.3 Å². The molecule has 102 valence electrons. The molecule has 6 heteroatoms. The molecule has 0 aliphatic rings. The van der Waals surface area contributed by atoms with Crippen molar-refractivity contribution in [2.75, 3.05) is 19.8 Å². The Morgan fingerprint density at radius 1 is 1.44 bits per heavy atom. The van der Waals surface area contributed by atoms with Gasteiger partial charge in [0.05, 0.1) is 15.3 Å². The van der Waals surface area contributed by atoms with Gasteiger partial charge >= 0.3 is 0 Å². The average Bonchev–Trinajstić information content (AvgIpc) is 2.63. The molecule has 1 amide bonds. The molecule has 1 heterocycles. The number of ether oxygens (including phenoxy) is 1. The summed E-state index contributed by atoms with van der Waals surface area (Å²) in [6.07, 6.45) is 1.05. The van der Waals surface area contributed by atoms with Crippen LogP contribution in [0, 0.1) is 5.92 Å². The third-order valence-electron chi connectivity index (χ3n) is 2.24. The van der Waals surface area contributed by atoms with E-state index in [4.69, 9.17) is 4.74 Å². The summed E-state index contributed by atoms with van der Waals surface area (Å²) in [7, 11) is 0. The summed E-state index contributed by atoms with van der Waals surface area (Å²) in [6, 6.07) is 1.81. The Labute approximate surface area is 129 Å². The zero-order chi connectivity index (χ0) is 13.5.